The molecule has 0 bridgehead atoms. The molecule has 1 fully saturated rings. The van der Waals surface area contributed by atoms with Gasteiger partial charge in [-0.2, -0.15) is 0 Å². The van der Waals surface area contributed by atoms with Gasteiger partial charge in [-0.25, -0.2) is 5.84 Å². The summed E-state index contributed by atoms with van der Waals surface area (Å²) in [5.74, 6) is 6.74. The number of nitrogens with two attached hydrogens (primary N) is 1. The molecule has 2 amide bonds. The fourth-order valence-corrected chi connectivity index (χ4v) is 2.69. The Morgan fingerprint density at radius 1 is 1.43 bits per heavy atom. The molecule has 0 saturated carbocycles. The van der Waals surface area contributed by atoms with Crippen LogP contribution in [0.5, 0.6) is 0 Å². The zero-order chi connectivity index (χ0) is 15.4. The number of carbonyl (C=O) groups is 2. The van der Waals surface area contributed by atoms with E-state index in [4.69, 9.17) is 23.9 Å². The zero-order valence-corrected chi connectivity index (χ0v) is 12.1. The Bertz CT molecular complexity index is 609. The Morgan fingerprint density at radius 3 is 2.81 bits per heavy atom. The second kappa shape index (κ2) is 6.61. The fraction of sp³-hybridized carbons (Fsp3) is 0.333. The number of rotatable bonds is 2. The van der Waals surface area contributed by atoms with Crippen LogP contribution in [0.1, 0.15) is 35.2 Å². The van der Waals surface area contributed by atoms with Gasteiger partial charge in [-0.3, -0.25) is 15.0 Å². The number of hydrazine groups is 1. The van der Waals surface area contributed by atoms with Crippen LogP contribution in [0.4, 0.5) is 0 Å². The van der Waals surface area contributed by atoms with Gasteiger partial charge in [0, 0.05) is 17.7 Å². The number of nitrogens with zero attached hydrogens (tertiary/aromatic N) is 1. The van der Waals surface area contributed by atoms with E-state index in [0.29, 0.717) is 24.1 Å². The SMILES string of the molecule is [C]#Cc1ccc(C(=O)N2CCCCC2C(=O)NN)cc1Cl. The minimum Gasteiger partial charge on any atom is -0.327 e. The number of halogens is 1. The quantitative estimate of drug-likeness (QED) is 0.374. The van der Waals surface area contributed by atoms with Crippen molar-refractivity contribution in [3.63, 3.8) is 0 Å². The van der Waals surface area contributed by atoms with Gasteiger partial charge in [0.15, 0.2) is 0 Å². The largest absolute Gasteiger partial charge is 0.327 e. The first-order chi connectivity index (χ1) is 10.1. The molecule has 21 heavy (non-hydrogen) atoms. The number of benzene rings is 1. The van der Waals surface area contributed by atoms with Crippen LogP contribution >= 0.6 is 11.6 Å². The predicted octanol–water partition coefficient (Wildman–Crippen LogP) is 1.26. The minimum atomic E-state index is -0.552. The van der Waals surface area contributed by atoms with Crippen molar-refractivity contribution in [1.82, 2.24) is 10.3 Å². The predicted molar refractivity (Wildman–Crippen MR) is 78.7 cm³/mol. The summed E-state index contributed by atoms with van der Waals surface area (Å²) in [7, 11) is 0. The molecule has 1 radical (unpaired) electrons. The van der Waals surface area contributed by atoms with E-state index in [0.717, 1.165) is 12.8 Å². The number of amides is 2. The third kappa shape index (κ3) is 3.18. The van der Waals surface area contributed by atoms with E-state index in [2.05, 4.69) is 11.3 Å². The first-order valence-electron chi connectivity index (χ1n) is 6.62. The highest BCUT2D eigenvalue weighted by Gasteiger charge is 2.32. The lowest BCUT2D eigenvalue weighted by atomic mass is 10.00. The first-order valence-corrected chi connectivity index (χ1v) is 7.00. The highest BCUT2D eigenvalue weighted by Crippen LogP contribution is 2.22. The van der Waals surface area contributed by atoms with E-state index in [9.17, 15) is 9.59 Å². The van der Waals surface area contributed by atoms with Gasteiger partial charge in [0.25, 0.3) is 11.8 Å². The molecular formula is C15H15ClN3O2. The lowest BCUT2D eigenvalue weighted by Gasteiger charge is -2.34. The average Bonchev–Trinajstić information content (AvgIpc) is 2.53. The van der Waals surface area contributed by atoms with Crippen molar-refractivity contribution in [3.05, 3.63) is 40.8 Å². The van der Waals surface area contributed by atoms with Gasteiger partial charge in [0.1, 0.15) is 6.04 Å². The fourth-order valence-electron chi connectivity index (χ4n) is 2.46. The molecule has 109 valence electrons. The topological polar surface area (TPSA) is 75.4 Å². The highest BCUT2D eigenvalue weighted by molar-refractivity contribution is 6.32. The van der Waals surface area contributed by atoms with Crippen molar-refractivity contribution in [2.75, 3.05) is 6.54 Å². The maximum atomic E-state index is 12.6. The second-order valence-corrected chi connectivity index (χ2v) is 5.25. The Labute approximate surface area is 128 Å². The Morgan fingerprint density at radius 2 is 2.19 bits per heavy atom. The van der Waals surface area contributed by atoms with Crippen molar-refractivity contribution in [2.45, 2.75) is 25.3 Å². The molecule has 0 aliphatic carbocycles. The summed E-state index contributed by atoms with van der Waals surface area (Å²) in [6, 6.07) is 4.08. The standard InChI is InChI=1S/C15H15ClN3O2/c1-2-10-6-7-11(9-12(10)16)15(21)19-8-4-3-5-13(19)14(20)18-17/h6-7,9,13H,3-5,8,17H2,(H,18,20). The lowest BCUT2D eigenvalue weighted by molar-refractivity contribution is -0.126. The first kappa shape index (κ1) is 15.4. The van der Waals surface area contributed by atoms with Gasteiger partial charge in [-0.05, 0) is 43.9 Å². The Hall–Kier alpha value is -2.03. The van der Waals surface area contributed by atoms with Crippen LogP contribution in [-0.4, -0.2) is 29.3 Å². The van der Waals surface area contributed by atoms with Crippen molar-refractivity contribution < 1.29 is 9.59 Å². The maximum Gasteiger partial charge on any atom is 0.256 e. The summed E-state index contributed by atoms with van der Waals surface area (Å²) < 4.78 is 0. The molecular weight excluding hydrogens is 290 g/mol. The summed E-state index contributed by atoms with van der Waals surface area (Å²) in [6.45, 7) is 0.507. The summed E-state index contributed by atoms with van der Waals surface area (Å²) in [4.78, 5) is 25.9. The minimum absolute atomic E-state index is 0.262. The van der Waals surface area contributed by atoms with Crippen molar-refractivity contribution >= 4 is 23.4 Å². The molecule has 5 nitrogen and oxygen atoms in total. The van der Waals surface area contributed by atoms with Gasteiger partial charge >= 0.3 is 0 Å². The normalized spacial score (nSPS) is 18.0. The molecule has 6 heteroatoms. The monoisotopic (exact) mass is 304 g/mol. The van der Waals surface area contributed by atoms with Crippen LogP contribution in [-0.2, 0) is 4.79 Å². The molecule has 1 aliphatic rings. The molecule has 0 spiro atoms. The highest BCUT2D eigenvalue weighted by atomic mass is 35.5. The van der Waals surface area contributed by atoms with Crippen LogP contribution in [0.15, 0.2) is 18.2 Å². The van der Waals surface area contributed by atoms with Gasteiger partial charge in [-0.15, -0.1) is 0 Å². The van der Waals surface area contributed by atoms with Crippen molar-refractivity contribution in [2.24, 2.45) is 5.84 Å². The Balaban J connectivity index is 2.27. The molecule has 1 heterocycles. The van der Waals surface area contributed by atoms with E-state index in [-0.39, 0.29) is 16.8 Å². The van der Waals surface area contributed by atoms with E-state index < -0.39 is 6.04 Å². The van der Waals surface area contributed by atoms with E-state index in [1.54, 1.807) is 12.1 Å². The summed E-state index contributed by atoms with van der Waals surface area (Å²) >= 11 is 5.99. The maximum absolute atomic E-state index is 12.6. The van der Waals surface area contributed by atoms with Crippen LogP contribution in [0.3, 0.4) is 0 Å². The van der Waals surface area contributed by atoms with Gasteiger partial charge in [0.05, 0.1) is 5.02 Å². The van der Waals surface area contributed by atoms with E-state index in [1.165, 1.54) is 11.0 Å². The smallest absolute Gasteiger partial charge is 0.256 e. The molecule has 1 atom stereocenters. The van der Waals surface area contributed by atoms with Gasteiger partial charge in [-0.1, -0.05) is 17.5 Å². The van der Waals surface area contributed by atoms with E-state index >= 15 is 0 Å². The molecule has 0 aromatic heterocycles. The lowest BCUT2D eigenvalue weighted by Crippen LogP contribution is -2.53. The summed E-state index contributed by atoms with van der Waals surface area (Å²) in [5.41, 5.74) is 2.91. The number of hydrogen-bond donors (Lipinski definition) is 2. The number of nitrogens with one attached hydrogen (secondary N) is 1. The third-order valence-electron chi connectivity index (χ3n) is 3.56. The molecule has 1 aromatic rings. The van der Waals surface area contributed by atoms with Crippen LogP contribution in [0.2, 0.25) is 5.02 Å². The van der Waals surface area contributed by atoms with E-state index in [1.807, 2.05) is 0 Å². The molecule has 2 rings (SSSR count). The number of piperidine rings is 1. The van der Waals surface area contributed by atoms with Crippen molar-refractivity contribution in [3.8, 4) is 5.92 Å². The number of carbonyl (C=O) groups excluding carboxylic acids is 2. The zero-order valence-electron chi connectivity index (χ0n) is 11.4. The summed E-state index contributed by atoms with van der Waals surface area (Å²) in [5, 5.41) is 0.285. The van der Waals surface area contributed by atoms with Crippen molar-refractivity contribution in [1.29, 1.82) is 0 Å². The van der Waals surface area contributed by atoms with Gasteiger partial charge < -0.3 is 4.90 Å². The number of likely N-dealkylation sites (tertiary alicyclic amines) is 1. The average molecular weight is 305 g/mol. The third-order valence-corrected chi connectivity index (χ3v) is 3.87. The molecule has 1 aromatic carbocycles. The molecule has 3 N–H and O–H groups in total. The molecule has 1 saturated heterocycles. The summed E-state index contributed by atoms with van der Waals surface area (Å²) in [6.07, 6.45) is 9.39. The Kier molecular flexibility index (Phi) is 4.84. The number of hydrogen-bond acceptors (Lipinski definition) is 3. The van der Waals surface area contributed by atoms with Crippen LogP contribution < -0.4 is 11.3 Å². The van der Waals surface area contributed by atoms with Crippen LogP contribution in [0, 0.1) is 12.3 Å². The molecule has 1 unspecified atom stereocenters. The second-order valence-electron chi connectivity index (χ2n) is 4.84. The van der Waals surface area contributed by atoms with Crippen LogP contribution in [0.25, 0.3) is 0 Å². The van der Waals surface area contributed by atoms with Gasteiger partial charge in [0.2, 0.25) is 0 Å². The molecule has 1 aliphatic heterocycles.